The van der Waals surface area contributed by atoms with Gasteiger partial charge >= 0.3 is 11.6 Å². The zero-order valence-corrected chi connectivity index (χ0v) is 8.79. The molecule has 0 spiro atoms. The van der Waals surface area contributed by atoms with Gasteiger partial charge in [0.05, 0.1) is 12.8 Å². The number of rotatable bonds is 3. The van der Waals surface area contributed by atoms with Crippen LogP contribution in [0.1, 0.15) is 16.1 Å². The molecule has 1 amide bonds. The molecule has 0 aliphatic rings. The Morgan fingerprint density at radius 1 is 1.59 bits per heavy atom. The van der Waals surface area contributed by atoms with Crippen LogP contribution in [0.3, 0.4) is 0 Å². The van der Waals surface area contributed by atoms with E-state index in [0.717, 1.165) is 0 Å². The van der Waals surface area contributed by atoms with Crippen molar-refractivity contribution in [2.45, 2.75) is 6.54 Å². The van der Waals surface area contributed by atoms with Crippen molar-refractivity contribution in [3.63, 3.8) is 0 Å². The number of carbonyl (C=O) groups excluding carboxylic acids is 1. The van der Waals surface area contributed by atoms with Crippen LogP contribution in [0.2, 0.25) is 0 Å². The van der Waals surface area contributed by atoms with Crippen molar-refractivity contribution in [2.24, 2.45) is 5.84 Å². The van der Waals surface area contributed by atoms with Crippen LogP contribution >= 0.6 is 0 Å². The highest BCUT2D eigenvalue weighted by Crippen LogP contribution is 2.11. The van der Waals surface area contributed by atoms with E-state index in [2.05, 4.69) is 4.98 Å². The van der Waals surface area contributed by atoms with Gasteiger partial charge in [-0.05, 0) is 12.1 Å². The lowest BCUT2D eigenvalue weighted by atomic mass is 10.2. The average molecular weight is 234 g/mol. The first-order chi connectivity index (χ1) is 8.22. The minimum atomic E-state index is -0.540. The summed E-state index contributed by atoms with van der Waals surface area (Å²) in [5.41, 5.74) is 2.14. The van der Waals surface area contributed by atoms with Crippen LogP contribution in [-0.4, -0.2) is 15.5 Å². The summed E-state index contributed by atoms with van der Waals surface area (Å²) < 4.78 is 6.36. The highest BCUT2D eigenvalue weighted by molar-refractivity contribution is 5.92. The minimum absolute atomic E-state index is 0.0863. The maximum Gasteiger partial charge on any atom is 0.347 e. The zero-order valence-electron chi connectivity index (χ0n) is 8.79. The molecule has 0 saturated carbocycles. The van der Waals surface area contributed by atoms with Crippen molar-refractivity contribution in [1.82, 2.24) is 15.0 Å². The zero-order chi connectivity index (χ0) is 12.3. The van der Waals surface area contributed by atoms with Crippen molar-refractivity contribution < 1.29 is 9.21 Å². The molecule has 2 aromatic heterocycles. The van der Waals surface area contributed by atoms with Crippen molar-refractivity contribution in [3.8, 4) is 0 Å². The van der Waals surface area contributed by atoms with Gasteiger partial charge in [-0.1, -0.05) is 0 Å². The molecular formula is C10H10N4O3. The molecule has 0 aliphatic heterocycles. The smallest absolute Gasteiger partial charge is 0.347 e. The fourth-order valence-corrected chi connectivity index (χ4v) is 1.42. The molecule has 0 aromatic carbocycles. The van der Waals surface area contributed by atoms with Gasteiger partial charge in [0.1, 0.15) is 0 Å². The van der Waals surface area contributed by atoms with E-state index in [1.165, 1.54) is 17.0 Å². The lowest BCUT2D eigenvalue weighted by Gasteiger charge is -2.03. The first kappa shape index (κ1) is 11.1. The number of amides is 1. The Bertz CT molecular complexity index is 587. The van der Waals surface area contributed by atoms with E-state index in [0.29, 0.717) is 5.56 Å². The van der Waals surface area contributed by atoms with Gasteiger partial charge in [-0.25, -0.2) is 15.6 Å². The second kappa shape index (κ2) is 4.62. The summed E-state index contributed by atoms with van der Waals surface area (Å²) in [6, 6.07) is 3.23. The van der Waals surface area contributed by atoms with E-state index in [4.69, 9.17) is 10.3 Å². The van der Waals surface area contributed by atoms with Crippen LogP contribution in [0.25, 0.3) is 0 Å². The number of carbonyl (C=O) groups is 1. The molecule has 88 valence electrons. The standard InChI is InChI=1S/C10H10N4O3/c11-13-9(15)8-7(2-5-17-8)6-14-4-1-3-12-10(14)16/h1-5H,6,11H2,(H,13,15). The summed E-state index contributed by atoms with van der Waals surface area (Å²) >= 11 is 0. The number of aromatic nitrogens is 2. The van der Waals surface area contributed by atoms with Gasteiger partial charge < -0.3 is 4.42 Å². The number of hydrogen-bond donors (Lipinski definition) is 2. The van der Waals surface area contributed by atoms with Crippen molar-refractivity contribution >= 4 is 5.91 Å². The summed E-state index contributed by atoms with van der Waals surface area (Å²) in [6.45, 7) is 0.200. The van der Waals surface area contributed by atoms with Gasteiger partial charge in [-0.2, -0.15) is 0 Å². The summed E-state index contributed by atoms with van der Waals surface area (Å²) in [7, 11) is 0. The van der Waals surface area contributed by atoms with Gasteiger partial charge in [0, 0.05) is 18.0 Å². The molecule has 3 N–H and O–H groups in total. The van der Waals surface area contributed by atoms with Gasteiger partial charge in [-0.15, -0.1) is 0 Å². The minimum Gasteiger partial charge on any atom is -0.459 e. The number of furan rings is 1. The highest BCUT2D eigenvalue weighted by atomic mass is 16.3. The maximum atomic E-state index is 11.4. The van der Waals surface area contributed by atoms with Crippen LogP contribution in [0, 0.1) is 0 Å². The SMILES string of the molecule is NNC(=O)c1occc1Cn1cccnc1=O. The first-order valence-corrected chi connectivity index (χ1v) is 4.81. The molecule has 0 fully saturated rings. The number of nitrogen functional groups attached to an aromatic ring is 1. The van der Waals surface area contributed by atoms with E-state index < -0.39 is 11.6 Å². The first-order valence-electron chi connectivity index (χ1n) is 4.81. The van der Waals surface area contributed by atoms with E-state index in [-0.39, 0.29) is 12.3 Å². The van der Waals surface area contributed by atoms with Crippen LogP contribution < -0.4 is 17.0 Å². The third kappa shape index (κ3) is 2.23. The van der Waals surface area contributed by atoms with Gasteiger partial charge in [0.2, 0.25) is 0 Å². The molecule has 17 heavy (non-hydrogen) atoms. The number of hydrogen-bond acceptors (Lipinski definition) is 5. The third-order valence-corrected chi connectivity index (χ3v) is 2.21. The van der Waals surface area contributed by atoms with Gasteiger partial charge in [0.25, 0.3) is 0 Å². The average Bonchev–Trinajstić information content (AvgIpc) is 2.79. The molecule has 0 unspecified atom stereocenters. The van der Waals surface area contributed by atoms with Crippen molar-refractivity contribution in [3.05, 3.63) is 52.6 Å². The van der Waals surface area contributed by atoms with Crippen LogP contribution in [0.4, 0.5) is 0 Å². The predicted octanol–water partition coefficient (Wildman–Crippen LogP) is -0.512. The molecule has 0 bridgehead atoms. The molecule has 2 rings (SSSR count). The Labute approximate surface area is 95.8 Å². The largest absolute Gasteiger partial charge is 0.459 e. The number of hydrazine groups is 1. The summed E-state index contributed by atoms with van der Waals surface area (Å²) in [4.78, 5) is 26.3. The van der Waals surface area contributed by atoms with Gasteiger partial charge in [-0.3, -0.25) is 14.8 Å². The highest BCUT2D eigenvalue weighted by Gasteiger charge is 2.14. The Balaban J connectivity index is 2.31. The van der Waals surface area contributed by atoms with Crippen molar-refractivity contribution in [1.29, 1.82) is 0 Å². The van der Waals surface area contributed by atoms with E-state index in [1.807, 2.05) is 5.43 Å². The number of nitrogens with two attached hydrogens (primary N) is 1. The van der Waals surface area contributed by atoms with Crippen LogP contribution in [0.5, 0.6) is 0 Å². The summed E-state index contributed by atoms with van der Waals surface area (Å²) in [5.74, 6) is 4.56. The summed E-state index contributed by atoms with van der Waals surface area (Å²) in [5, 5.41) is 0. The second-order valence-corrected chi connectivity index (χ2v) is 3.28. The fourth-order valence-electron chi connectivity index (χ4n) is 1.42. The molecule has 0 aliphatic carbocycles. The second-order valence-electron chi connectivity index (χ2n) is 3.28. The normalized spacial score (nSPS) is 10.2. The third-order valence-electron chi connectivity index (χ3n) is 2.21. The molecule has 0 radical (unpaired) electrons. The van der Waals surface area contributed by atoms with Gasteiger partial charge in [0.15, 0.2) is 5.76 Å². The number of nitrogens with one attached hydrogen (secondary N) is 1. The lowest BCUT2D eigenvalue weighted by Crippen LogP contribution is -2.31. The molecule has 2 heterocycles. The van der Waals surface area contributed by atoms with Crippen LogP contribution in [-0.2, 0) is 6.54 Å². The lowest BCUT2D eigenvalue weighted by molar-refractivity contribution is 0.0924. The van der Waals surface area contributed by atoms with Crippen LogP contribution in [0.15, 0.2) is 40.0 Å². The molecule has 7 nitrogen and oxygen atoms in total. The van der Waals surface area contributed by atoms with E-state index in [9.17, 15) is 9.59 Å². The maximum absolute atomic E-state index is 11.4. The Morgan fingerprint density at radius 2 is 2.41 bits per heavy atom. The van der Waals surface area contributed by atoms with Crippen molar-refractivity contribution in [2.75, 3.05) is 0 Å². The molecular weight excluding hydrogens is 224 g/mol. The van der Waals surface area contributed by atoms with E-state index >= 15 is 0 Å². The predicted molar refractivity (Wildman–Crippen MR) is 58.0 cm³/mol. The quantitative estimate of drug-likeness (QED) is 0.423. The topological polar surface area (TPSA) is 103 Å². The monoisotopic (exact) mass is 234 g/mol. The molecule has 0 atom stereocenters. The molecule has 2 aromatic rings. The Morgan fingerprint density at radius 3 is 3.12 bits per heavy atom. The Hall–Kier alpha value is -2.41. The number of nitrogens with zero attached hydrogens (tertiary/aromatic N) is 2. The van der Waals surface area contributed by atoms with E-state index in [1.54, 1.807) is 18.3 Å². The Kier molecular flexibility index (Phi) is 3.01. The molecule has 0 saturated heterocycles. The fraction of sp³-hybridized carbons (Fsp3) is 0.100. The molecule has 7 heteroatoms. The summed E-state index contributed by atoms with van der Waals surface area (Å²) in [6.07, 6.45) is 4.34.